The van der Waals surface area contributed by atoms with Crippen molar-refractivity contribution in [3.8, 4) is 11.1 Å². The summed E-state index contributed by atoms with van der Waals surface area (Å²) in [5.41, 5.74) is 3.48. The minimum Gasteiger partial charge on any atom is -0.346 e. The van der Waals surface area contributed by atoms with Crippen molar-refractivity contribution < 1.29 is 13.2 Å². The Morgan fingerprint density at radius 3 is 2.38 bits per heavy atom. The fourth-order valence-corrected chi connectivity index (χ4v) is 5.42. The summed E-state index contributed by atoms with van der Waals surface area (Å²) in [6.07, 6.45) is 0. The normalized spacial score (nSPS) is 15.2. The van der Waals surface area contributed by atoms with E-state index in [-0.39, 0.29) is 16.8 Å². The van der Waals surface area contributed by atoms with Gasteiger partial charge in [-0.2, -0.15) is 0 Å². The number of nitrogens with zero attached hydrogens (tertiary/aromatic N) is 1. The van der Waals surface area contributed by atoms with Gasteiger partial charge in [-0.15, -0.1) is 0 Å². The number of carbonyl (C=O) groups is 1. The number of amides is 1. The number of anilines is 1. The molecule has 1 aliphatic rings. The van der Waals surface area contributed by atoms with Crippen LogP contribution in [0.2, 0.25) is 0 Å². The largest absolute Gasteiger partial charge is 0.346 e. The highest BCUT2D eigenvalue weighted by Crippen LogP contribution is 2.43. The van der Waals surface area contributed by atoms with Crippen molar-refractivity contribution in [3.05, 3.63) is 83.9 Å². The van der Waals surface area contributed by atoms with Crippen molar-refractivity contribution in [2.24, 2.45) is 0 Å². The van der Waals surface area contributed by atoms with Crippen LogP contribution >= 0.6 is 0 Å². The molecule has 1 amide bonds. The SMILES string of the molecule is CCN1c2ccc(C(=O)N[C@H](C)c3ccccc3)cc2-c2ccccc2S1(=O)=O. The number of hydrogen-bond acceptors (Lipinski definition) is 3. The van der Waals surface area contributed by atoms with Crippen LogP contribution in [0.5, 0.6) is 0 Å². The summed E-state index contributed by atoms with van der Waals surface area (Å²) in [4.78, 5) is 13.1. The first kappa shape index (κ1) is 19.2. The zero-order chi connectivity index (χ0) is 20.6. The molecule has 0 saturated heterocycles. The molecule has 1 N–H and O–H groups in total. The van der Waals surface area contributed by atoms with E-state index >= 15 is 0 Å². The number of nitrogens with one attached hydrogen (secondary N) is 1. The van der Waals surface area contributed by atoms with E-state index in [9.17, 15) is 13.2 Å². The van der Waals surface area contributed by atoms with E-state index in [4.69, 9.17) is 0 Å². The lowest BCUT2D eigenvalue weighted by Crippen LogP contribution is -2.34. The summed E-state index contributed by atoms with van der Waals surface area (Å²) in [6, 6.07) is 21.7. The second-order valence-corrected chi connectivity index (χ2v) is 8.83. The van der Waals surface area contributed by atoms with Crippen LogP contribution in [0.1, 0.15) is 35.8 Å². The van der Waals surface area contributed by atoms with Crippen molar-refractivity contribution in [1.82, 2.24) is 5.32 Å². The Hall–Kier alpha value is -3.12. The van der Waals surface area contributed by atoms with Crippen molar-refractivity contribution >= 4 is 21.6 Å². The minimum atomic E-state index is -3.60. The van der Waals surface area contributed by atoms with Gasteiger partial charge in [0.05, 0.1) is 16.6 Å². The molecule has 3 aromatic rings. The first-order valence-electron chi connectivity index (χ1n) is 9.55. The molecule has 1 heterocycles. The van der Waals surface area contributed by atoms with E-state index < -0.39 is 10.0 Å². The summed E-state index contributed by atoms with van der Waals surface area (Å²) in [5, 5.41) is 3.01. The topological polar surface area (TPSA) is 66.5 Å². The Balaban J connectivity index is 1.73. The second-order valence-electron chi connectivity index (χ2n) is 7.00. The zero-order valence-corrected chi connectivity index (χ0v) is 17.1. The van der Waals surface area contributed by atoms with E-state index in [1.807, 2.05) is 43.3 Å². The third-order valence-electron chi connectivity index (χ3n) is 5.21. The number of benzene rings is 3. The van der Waals surface area contributed by atoms with Crippen LogP contribution in [-0.2, 0) is 10.0 Å². The maximum Gasteiger partial charge on any atom is 0.264 e. The maximum atomic E-state index is 13.0. The van der Waals surface area contributed by atoms with Gasteiger partial charge in [-0.1, -0.05) is 48.5 Å². The average Bonchev–Trinajstić information content (AvgIpc) is 2.74. The molecule has 148 valence electrons. The molecule has 4 rings (SSSR count). The summed E-state index contributed by atoms with van der Waals surface area (Å²) in [6.45, 7) is 4.06. The monoisotopic (exact) mass is 406 g/mol. The summed E-state index contributed by atoms with van der Waals surface area (Å²) in [5.74, 6) is -0.196. The van der Waals surface area contributed by atoms with E-state index in [0.717, 1.165) is 11.1 Å². The van der Waals surface area contributed by atoms with E-state index in [2.05, 4.69) is 5.32 Å². The van der Waals surface area contributed by atoms with Crippen LogP contribution in [-0.4, -0.2) is 20.9 Å². The van der Waals surface area contributed by atoms with Crippen LogP contribution in [0.4, 0.5) is 5.69 Å². The molecule has 0 saturated carbocycles. The first-order valence-corrected chi connectivity index (χ1v) is 11.0. The number of hydrogen-bond donors (Lipinski definition) is 1. The smallest absolute Gasteiger partial charge is 0.264 e. The van der Waals surface area contributed by atoms with Gasteiger partial charge in [-0.25, -0.2) is 8.42 Å². The van der Waals surface area contributed by atoms with E-state index in [0.29, 0.717) is 23.4 Å². The molecule has 6 heteroatoms. The molecule has 29 heavy (non-hydrogen) atoms. The first-order chi connectivity index (χ1) is 13.9. The van der Waals surface area contributed by atoms with Crippen molar-refractivity contribution in [3.63, 3.8) is 0 Å². The maximum absolute atomic E-state index is 13.0. The van der Waals surface area contributed by atoms with E-state index in [1.54, 1.807) is 43.3 Å². The van der Waals surface area contributed by atoms with Crippen molar-refractivity contribution in [2.45, 2.75) is 24.8 Å². The van der Waals surface area contributed by atoms with Gasteiger partial charge in [0.2, 0.25) is 0 Å². The molecule has 0 aromatic heterocycles. The van der Waals surface area contributed by atoms with Crippen LogP contribution < -0.4 is 9.62 Å². The molecule has 1 aliphatic heterocycles. The molecule has 0 radical (unpaired) electrons. The third kappa shape index (κ3) is 3.29. The van der Waals surface area contributed by atoms with Crippen molar-refractivity contribution in [1.29, 1.82) is 0 Å². The van der Waals surface area contributed by atoms with Gasteiger partial charge >= 0.3 is 0 Å². The summed E-state index contributed by atoms with van der Waals surface area (Å²) < 4.78 is 27.3. The van der Waals surface area contributed by atoms with Crippen LogP contribution in [0, 0.1) is 0 Å². The fraction of sp³-hybridized carbons (Fsp3) is 0.174. The highest BCUT2D eigenvalue weighted by molar-refractivity contribution is 7.93. The molecule has 1 atom stereocenters. The lowest BCUT2D eigenvalue weighted by molar-refractivity contribution is 0.0940. The highest BCUT2D eigenvalue weighted by Gasteiger charge is 2.34. The molecule has 3 aromatic carbocycles. The molecule has 0 bridgehead atoms. The number of carbonyl (C=O) groups excluding carboxylic acids is 1. The van der Waals surface area contributed by atoms with Gasteiger partial charge < -0.3 is 5.32 Å². The lowest BCUT2D eigenvalue weighted by Gasteiger charge is -2.31. The zero-order valence-electron chi connectivity index (χ0n) is 16.3. The number of rotatable bonds is 4. The molecule has 0 aliphatic carbocycles. The van der Waals surface area contributed by atoms with Crippen molar-refractivity contribution in [2.75, 3.05) is 10.8 Å². The predicted octanol–water partition coefficient (Wildman–Crippen LogP) is 4.37. The highest BCUT2D eigenvalue weighted by atomic mass is 32.2. The Kier molecular flexibility index (Phi) is 4.88. The average molecular weight is 407 g/mol. The predicted molar refractivity (Wildman–Crippen MR) is 114 cm³/mol. The van der Waals surface area contributed by atoms with Gasteiger partial charge in [-0.3, -0.25) is 9.10 Å². The Morgan fingerprint density at radius 1 is 0.966 bits per heavy atom. The summed E-state index contributed by atoms with van der Waals surface area (Å²) in [7, 11) is -3.60. The van der Waals surface area contributed by atoms with E-state index in [1.165, 1.54) is 4.31 Å². The van der Waals surface area contributed by atoms with Gasteiger partial charge in [0.15, 0.2) is 0 Å². The Morgan fingerprint density at radius 2 is 1.66 bits per heavy atom. The number of sulfonamides is 1. The van der Waals surface area contributed by atoms with Gasteiger partial charge in [0.25, 0.3) is 15.9 Å². The molecule has 0 spiro atoms. The Bertz CT molecular complexity index is 1170. The molecule has 0 fully saturated rings. The van der Waals surface area contributed by atoms with Gasteiger partial charge in [0.1, 0.15) is 0 Å². The van der Waals surface area contributed by atoms with Crippen LogP contribution in [0.3, 0.4) is 0 Å². The van der Waals surface area contributed by atoms with Gasteiger partial charge in [-0.05, 0) is 43.7 Å². The molecular weight excluding hydrogens is 384 g/mol. The molecule has 5 nitrogen and oxygen atoms in total. The fourth-order valence-electron chi connectivity index (χ4n) is 3.72. The second kappa shape index (κ2) is 7.37. The molecule has 0 unspecified atom stereocenters. The summed E-state index contributed by atoms with van der Waals surface area (Å²) >= 11 is 0. The minimum absolute atomic E-state index is 0.139. The Labute approximate surface area is 171 Å². The van der Waals surface area contributed by atoms with Crippen LogP contribution in [0.25, 0.3) is 11.1 Å². The lowest BCUT2D eigenvalue weighted by atomic mass is 9.99. The van der Waals surface area contributed by atoms with Crippen LogP contribution in [0.15, 0.2) is 77.7 Å². The standard InChI is InChI=1S/C23H22N2O3S/c1-3-25-21-14-13-18(23(26)24-16(2)17-9-5-4-6-10-17)15-20(21)19-11-7-8-12-22(19)29(25,27)28/h4-16H,3H2,1-2H3,(H,24,26)/t16-/m1/s1. The number of fused-ring (bicyclic) bond motifs is 3. The molecular formula is C23H22N2O3S. The third-order valence-corrected chi connectivity index (χ3v) is 7.15. The quantitative estimate of drug-likeness (QED) is 0.699. The van der Waals surface area contributed by atoms with Gasteiger partial charge in [0, 0.05) is 23.2 Å².